The Labute approximate surface area is 114 Å². The largest absolute Gasteiger partial charge is 0.480 e. The molecule has 0 aliphatic heterocycles. The molecule has 5 heteroatoms. The van der Waals surface area contributed by atoms with E-state index in [1.165, 1.54) is 4.90 Å². The third-order valence-corrected chi connectivity index (χ3v) is 2.85. The fraction of sp³-hybridized carbons (Fsp3) is 0.333. The minimum Gasteiger partial charge on any atom is -0.480 e. The molecule has 0 saturated heterocycles. The molecule has 1 amide bonds. The summed E-state index contributed by atoms with van der Waals surface area (Å²) in [6.07, 6.45) is 0.739. The molecule has 1 aromatic rings. The molecule has 0 unspecified atom stereocenters. The van der Waals surface area contributed by atoms with Gasteiger partial charge in [0.1, 0.15) is 6.54 Å². The molecule has 17 heavy (non-hydrogen) atoms. The van der Waals surface area contributed by atoms with Crippen LogP contribution in [-0.4, -0.2) is 35.0 Å². The zero-order valence-electron chi connectivity index (χ0n) is 9.52. The molecule has 0 bridgehead atoms. The molecule has 1 rings (SSSR count). The number of nitrogens with zero attached hydrogens (tertiary/aromatic N) is 1. The van der Waals surface area contributed by atoms with Gasteiger partial charge in [-0.25, -0.2) is 0 Å². The summed E-state index contributed by atoms with van der Waals surface area (Å²) in [4.78, 5) is 24.1. The van der Waals surface area contributed by atoms with Crippen LogP contribution in [0.3, 0.4) is 0 Å². The van der Waals surface area contributed by atoms with E-state index >= 15 is 0 Å². The highest BCUT2D eigenvalue weighted by atomic mass is 127. The number of carboxylic acids is 1. The number of rotatable bonds is 5. The standard InChI is InChI=1S/C12H14INO3/c1-2-6-14(8-11(15)16)12(17)9-4-3-5-10(13)7-9/h3-5,7H,2,6,8H2,1H3,(H,15,16). The molecule has 1 N–H and O–H groups in total. The van der Waals surface area contributed by atoms with Crippen LogP contribution in [0.15, 0.2) is 24.3 Å². The zero-order valence-corrected chi connectivity index (χ0v) is 11.7. The Hall–Kier alpha value is -1.11. The van der Waals surface area contributed by atoms with E-state index in [2.05, 4.69) is 22.6 Å². The van der Waals surface area contributed by atoms with Crippen molar-refractivity contribution >= 4 is 34.5 Å². The van der Waals surface area contributed by atoms with Crippen LogP contribution < -0.4 is 0 Å². The third kappa shape index (κ3) is 4.33. The number of carboxylic acid groups (broad SMARTS) is 1. The summed E-state index contributed by atoms with van der Waals surface area (Å²) in [7, 11) is 0. The van der Waals surface area contributed by atoms with Gasteiger partial charge in [-0.2, -0.15) is 0 Å². The van der Waals surface area contributed by atoms with Gasteiger partial charge in [0, 0.05) is 15.7 Å². The topological polar surface area (TPSA) is 57.6 Å². The lowest BCUT2D eigenvalue weighted by Gasteiger charge is -2.20. The van der Waals surface area contributed by atoms with E-state index in [1.807, 2.05) is 13.0 Å². The van der Waals surface area contributed by atoms with Gasteiger partial charge in [0.2, 0.25) is 0 Å². The average molecular weight is 347 g/mol. The minimum absolute atomic E-state index is 0.229. The summed E-state index contributed by atoms with van der Waals surface area (Å²) in [5.74, 6) is -1.22. The number of benzene rings is 1. The molecule has 0 fully saturated rings. The Bertz CT molecular complexity index is 420. The smallest absolute Gasteiger partial charge is 0.323 e. The maximum Gasteiger partial charge on any atom is 0.323 e. The maximum absolute atomic E-state index is 12.1. The van der Waals surface area contributed by atoms with Crippen LogP contribution >= 0.6 is 22.6 Å². The molecule has 1 aromatic carbocycles. The van der Waals surface area contributed by atoms with Crippen molar-refractivity contribution in [3.63, 3.8) is 0 Å². The lowest BCUT2D eigenvalue weighted by Crippen LogP contribution is -2.36. The first-order valence-corrected chi connectivity index (χ1v) is 6.39. The van der Waals surface area contributed by atoms with Crippen LogP contribution in [-0.2, 0) is 4.79 Å². The molecule has 0 spiro atoms. The first-order chi connectivity index (χ1) is 8.04. The van der Waals surface area contributed by atoms with E-state index in [0.717, 1.165) is 9.99 Å². The first kappa shape index (κ1) is 14.0. The number of carbonyl (C=O) groups is 2. The number of carbonyl (C=O) groups excluding carboxylic acids is 1. The predicted octanol–water partition coefficient (Wildman–Crippen LogP) is 2.23. The Morgan fingerprint density at radius 2 is 2.12 bits per heavy atom. The second kappa shape index (κ2) is 6.58. The normalized spacial score (nSPS) is 10.0. The van der Waals surface area contributed by atoms with Gasteiger partial charge in [-0.1, -0.05) is 13.0 Å². The van der Waals surface area contributed by atoms with E-state index in [1.54, 1.807) is 18.2 Å². The van der Waals surface area contributed by atoms with Crippen LogP contribution in [0.4, 0.5) is 0 Å². The first-order valence-electron chi connectivity index (χ1n) is 5.31. The van der Waals surface area contributed by atoms with Gasteiger partial charge in [0.25, 0.3) is 5.91 Å². The molecular weight excluding hydrogens is 333 g/mol. The highest BCUT2D eigenvalue weighted by Crippen LogP contribution is 2.10. The van der Waals surface area contributed by atoms with Crippen molar-refractivity contribution in [1.82, 2.24) is 4.90 Å². The van der Waals surface area contributed by atoms with Gasteiger partial charge in [-0.3, -0.25) is 9.59 Å². The Morgan fingerprint density at radius 1 is 1.41 bits per heavy atom. The number of hydrogen-bond donors (Lipinski definition) is 1. The van der Waals surface area contributed by atoms with Gasteiger partial charge in [0.15, 0.2) is 0 Å². The second-order valence-corrected chi connectivity index (χ2v) is 4.88. The average Bonchev–Trinajstić information content (AvgIpc) is 2.27. The summed E-state index contributed by atoms with van der Waals surface area (Å²) < 4.78 is 0.959. The zero-order chi connectivity index (χ0) is 12.8. The Balaban J connectivity index is 2.87. The van der Waals surface area contributed by atoms with Crippen molar-refractivity contribution in [2.45, 2.75) is 13.3 Å². The van der Waals surface area contributed by atoms with Gasteiger partial charge in [-0.05, 0) is 47.2 Å². The highest BCUT2D eigenvalue weighted by molar-refractivity contribution is 14.1. The number of halogens is 1. The van der Waals surface area contributed by atoms with Crippen molar-refractivity contribution in [2.75, 3.05) is 13.1 Å². The van der Waals surface area contributed by atoms with E-state index < -0.39 is 5.97 Å². The molecule has 0 atom stereocenters. The van der Waals surface area contributed by atoms with Gasteiger partial charge in [0.05, 0.1) is 0 Å². The maximum atomic E-state index is 12.1. The highest BCUT2D eigenvalue weighted by Gasteiger charge is 2.17. The summed E-state index contributed by atoms with van der Waals surface area (Å²) >= 11 is 2.12. The number of aliphatic carboxylic acids is 1. The van der Waals surface area contributed by atoms with E-state index in [9.17, 15) is 9.59 Å². The minimum atomic E-state index is -0.988. The summed E-state index contributed by atoms with van der Waals surface area (Å²) in [6.45, 7) is 2.12. The van der Waals surface area contributed by atoms with E-state index in [-0.39, 0.29) is 12.5 Å². The van der Waals surface area contributed by atoms with Gasteiger partial charge in [-0.15, -0.1) is 0 Å². The predicted molar refractivity (Wildman–Crippen MR) is 73.0 cm³/mol. The van der Waals surface area contributed by atoms with Gasteiger partial charge < -0.3 is 10.0 Å². The van der Waals surface area contributed by atoms with Crippen molar-refractivity contribution in [3.05, 3.63) is 33.4 Å². The van der Waals surface area contributed by atoms with Crippen LogP contribution in [0.5, 0.6) is 0 Å². The molecule has 4 nitrogen and oxygen atoms in total. The fourth-order valence-electron chi connectivity index (χ4n) is 1.49. The number of amides is 1. The van der Waals surface area contributed by atoms with Gasteiger partial charge >= 0.3 is 5.97 Å². The summed E-state index contributed by atoms with van der Waals surface area (Å²) in [6, 6.07) is 7.14. The van der Waals surface area contributed by atoms with E-state index in [0.29, 0.717) is 12.1 Å². The van der Waals surface area contributed by atoms with Crippen LogP contribution in [0.1, 0.15) is 23.7 Å². The van der Waals surface area contributed by atoms with Crippen LogP contribution in [0, 0.1) is 3.57 Å². The van der Waals surface area contributed by atoms with Crippen molar-refractivity contribution < 1.29 is 14.7 Å². The summed E-state index contributed by atoms with van der Waals surface area (Å²) in [5.41, 5.74) is 0.534. The van der Waals surface area contributed by atoms with E-state index in [4.69, 9.17) is 5.11 Å². The van der Waals surface area contributed by atoms with Crippen molar-refractivity contribution in [2.24, 2.45) is 0 Å². The third-order valence-electron chi connectivity index (χ3n) is 2.18. The Morgan fingerprint density at radius 3 is 2.65 bits per heavy atom. The monoisotopic (exact) mass is 347 g/mol. The second-order valence-electron chi connectivity index (χ2n) is 3.63. The lowest BCUT2D eigenvalue weighted by atomic mass is 10.2. The molecule has 0 heterocycles. The molecule has 0 aliphatic rings. The molecule has 0 aliphatic carbocycles. The summed E-state index contributed by atoms with van der Waals surface area (Å²) in [5, 5.41) is 8.77. The van der Waals surface area contributed by atoms with Crippen LogP contribution in [0.25, 0.3) is 0 Å². The molecular formula is C12H14INO3. The molecule has 92 valence electrons. The number of hydrogen-bond acceptors (Lipinski definition) is 2. The Kier molecular flexibility index (Phi) is 5.40. The quantitative estimate of drug-likeness (QED) is 0.831. The molecule has 0 saturated carbocycles. The van der Waals surface area contributed by atoms with Crippen molar-refractivity contribution in [3.8, 4) is 0 Å². The fourth-order valence-corrected chi connectivity index (χ4v) is 2.03. The molecule has 0 radical (unpaired) electrons. The lowest BCUT2D eigenvalue weighted by molar-refractivity contribution is -0.137. The molecule has 0 aromatic heterocycles. The van der Waals surface area contributed by atoms with Crippen LogP contribution in [0.2, 0.25) is 0 Å². The van der Waals surface area contributed by atoms with Crippen molar-refractivity contribution in [1.29, 1.82) is 0 Å². The SMILES string of the molecule is CCCN(CC(=O)O)C(=O)c1cccc(I)c1.